The van der Waals surface area contributed by atoms with Gasteiger partial charge in [-0.25, -0.2) is 13.4 Å². The number of fused-ring (bicyclic) bond motifs is 1. The number of piperazine rings is 1. The molecule has 28 heavy (non-hydrogen) atoms. The standard InChI is InChI=1S/C19H23N5O3S/c1-13-18(14(2)27-21-13)28(25,26)22-17-12-15-6-4-5-7-16(15)19(20-17)24-10-8-23(3)9-11-24/h4-7,12H,8-11H2,1-3H3,(H,20,22). The Hall–Kier alpha value is -2.65. The fourth-order valence-electron chi connectivity index (χ4n) is 3.54. The van der Waals surface area contributed by atoms with Gasteiger partial charge in [0.15, 0.2) is 10.7 Å². The van der Waals surface area contributed by atoms with E-state index in [-0.39, 0.29) is 16.5 Å². The second-order valence-electron chi connectivity index (χ2n) is 7.10. The van der Waals surface area contributed by atoms with Crippen molar-refractivity contribution < 1.29 is 12.9 Å². The lowest BCUT2D eigenvalue weighted by molar-refractivity contribution is 0.312. The van der Waals surface area contributed by atoms with Gasteiger partial charge in [-0.1, -0.05) is 29.4 Å². The monoisotopic (exact) mass is 401 g/mol. The first kappa shape index (κ1) is 18.7. The van der Waals surface area contributed by atoms with E-state index in [1.54, 1.807) is 19.9 Å². The molecule has 1 fully saturated rings. The van der Waals surface area contributed by atoms with Gasteiger partial charge in [0.25, 0.3) is 10.0 Å². The number of rotatable bonds is 4. The molecule has 1 saturated heterocycles. The van der Waals surface area contributed by atoms with Crippen LogP contribution in [0.5, 0.6) is 0 Å². The normalized spacial score (nSPS) is 15.9. The Morgan fingerprint density at radius 1 is 1.11 bits per heavy atom. The molecular weight excluding hydrogens is 378 g/mol. The summed E-state index contributed by atoms with van der Waals surface area (Å²) in [6.45, 7) is 6.74. The number of aromatic nitrogens is 2. The smallest absolute Gasteiger partial charge is 0.268 e. The number of pyridine rings is 1. The number of aryl methyl sites for hydroxylation is 2. The molecule has 0 saturated carbocycles. The molecule has 0 amide bonds. The summed E-state index contributed by atoms with van der Waals surface area (Å²) in [6.07, 6.45) is 0. The number of nitrogens with zero attached hydrogens (tertiary/aromatic N) is 4. The summed E-state index contributed by atoms with van der Waals surface area (Å²) < 4.78 is 33.4. The Kier molecular flexibility index (Phi) is 4.72. The van der Waals surface area contributed by atoms with Crippen LogP contribution in [-0.2, 0) is 10.0 Å². The molecule has 1 aliphatic rings. The highest BCUT2D eigenvalue weighted by Crippen LogP contribution is 2.30. The van der Waals surface area contributed by atoms with E-state index < -0.39 is 10.0 Å². The molecule has 9 heteroatoms. The van der Waals surface area contributed by atoms with E-state index >= 15 is 0 Å². The molecule has 0 bridgehead atoms. The molecule has 4 rings (SSSR count). The van der Waals surface area contributed by atoms with Crippen LogP contribution in [0.4, 0.5) is 11.6 Å². The predicted octanol–water partition coefficient (Wildman–Crippen LogP) is 2.39. The predicted molar refractivity (Wildman–Crippen MR) is 108 cm³/mol. The van der Waals surface area contributed by atoms with Gasteiger partial charge in [-0.15, -0.1) is 0 Å². The summed E-state index contributed by atoms with van der Waals surface area (Å²) in [4.78, 5) is 9.20. The Morgan fingerprint density at radius 2 is 1.82 bits per heavy atom. The largest absolute Gasteiger partial charge is 0.360 e. The molecular formula is C19H23N5O3S. The fourth-order valence-corrected chi connectivity index (χ4v) is 4.86. The minimum absolute atomic E-state index is 0.0589. The van der Waals surface area contributed by atoms with Gasteiger partial charge < -0.3 is 14.3 Å². The van der Waals surface area contributed by atoms with E-state index in [0.29, 0.717) is 5.69 Å². The van der Waals surface area contributed by atoms with E-state index in [0.717, 1.165) is 42.8 Å². The topological polar surface area (TPSA) is 91.6 Å². The number of benzene rings is 1. The summed E-state index contributed by atoms with van der Waals surface area (Å²) in [5, 5.41) is 5.68. The molecule has 0 spiro atoms. The van der Waals surface area contributed by atoms with Crippen molar-refractivity contribution >= 4 is 32.4 Å². The van der Waals surface area contributed by atoms with E-state index in [2.05, 4.69) is 31.7 Å². The maximum absolute atomic E-state index is 12.9. The lowest BCUT2D eigenvalue weighted by Crippen LogP contribution is -2.45. The molecule has 0 aliphatic carbocycles. The molecule has 148 valence electrons. The minimum Gasteiger partial charge on any atom is -0.360 e. The Balaban J connectivity index is 1.76. The van der Waals surface area contributed by atoms with E-state index in [1.807, 2.05) is 24.3 Å². The third-order valence-electron chi connectivity index (χ3n) is 5.00. The highest BCUT2D eigenvalue weighted by Gasteiger charge is 2.26. The molecule has 1 aliphatic heterocycles. The van der Waals surface area contributed by atoms with Crippen molar-refractivity contribution in [1.29, 1.82) is 0 Å². The van der Waals surface area contributed by atoms with Crippen LogP contribution in [0.25, 0.3) is 10.8 Å². The number of likely N-dealkylation sites (N-methyl/N-ethyl adjacent to an activating group) is 1. The number of hydrogen-bond donors (Lipinski definition) is 1. The second-order valence-corrected chi connectivity index (χ2v) is 8.72. The summed E-state index contributed by atoms with van der Waals surface area (Å²) >= 11 is 0. The van der Waals surface area contributed by atoms with Crippen LogP contribution in [0.15, 0.2) is 39.8 Å². The highest BCUT2D eigenvalue weighted by atomic mass is 32.2. The summed E-state index contributed by atoms with van der Waals surface area (Å²) in [6, 6.07) is 9.64. The van der Waals surface area contributed by atoms with Crippen molar-refractivity contribution in [1.82, 2.24) is 15.0 Å². The molecule has 0 atom stereocenters. The van der Waals surface area contributed by atoms with Crippen LogP contribution in [0.3, 0.4) is 0 Å². The SMILES string of the molecule is Cc1noc(C)c1S(=O)(=O)Nc1cc2ccccc2c(N2CCN(C)CC2)n1. The van der Waals surface area contributed by atoms with Gasteiger partial charge in [-0.3, -0.25) is 4.72 Å². The maximum Gasteiger partial charge on any atom is 0.268 e. The zero-order valence-electron chi connectivity index (χ0n) is 16.1. The maximum atomic E-state index is 12.9. The van der Waals surface area contributed by atoms with Crippen molar-refractivity contribution in [2.24, 2.45) is 0 Å². The number of sulfonamides is 1. The lowest BCUT2D eigenvalue weighted by Gasteiger charge is -2.34. The van der Waals surface area contributed by atoms with Crippen molar-refractivity contribution in [3.63, 3.8) is 0 Å². The fraction of sp³-hybridized carbons (Fsp3) is 0.368. The van der Waals surface area contributed by atoms with Gasteiger partial charge in [0.1, 0.15) is 17.3 Å². The van der Waals surface area contributed by atoms with Crippen molar-refractivity contribution in [3.05, 3.63) is 41.8 Å². The van der Waals surface area contributed by atoms with Gasteiger partial charge in [-0.2, -0.15) is 0 Å². The number of anilines is 2. The van der Waals surface area contributed by atoms with Gasteiger partial charge in [0, 0.05) is 31.6 Å². The lowest BCUT2D eigenvalue weighted by atomic mass is 10.1. The van der Waals surface area contributed by atoms with Gasteiger partial charge >= 0.3 is 0 Å². The molecule has 1 aromatic carbocycles. The van der Waals surface area contributed by atoms with Gasteiger partial charge in [0.05, 0.1) is 0 Å². The Morgan fingerprint density at radius 3 is 2.50 bits per heavy atom. The second kappa shape index (κ2) is 7.06. The van der Waals surface area contributed by atoms with Crippen LogP contribution in [-0.4, -0.2) is 56.7 Å². The van der Waals surface area contributed by atoms with Gasteiger partial charge in [-0.05, 0) is 32.3 Å². The van der Waals surface area contributed by atoms with Crippen molar-refractivity contribution in [2.45, 2.75) is 18.7 Å². The summed E-state index contributed by atoms with van der Waals surface area (Å²) in [7, 11) is -1.76. The quantitative estimate of drug-likeness (QED) is 0.718. The van der Waals surface area contributed by atoms with Crippen LogP contribution < -0.4 is 9.62 Å². The van der Waals surface area contributed by atoms with Crippen LogP contribution in [0.1, 0.15) is 11.5 Å². The van der Waals surface area contributed by atoms with E-state index in [1.165, 1.54) is 0 Å². The van der Waals surface area contributed by atoms with Crippen molar-refractivity contribution in [2.75, 3.05) is 42.8 Å². The summed E-state index contributed by atoms with van der Waals surface area (Å²) in [5.74, 6) is 1.33. The average molecular weight is 401 g/mol. The zero-order chi connectivity index (χ0) is 19.9. The number of nitrogens with one attached hydrogen (secondary N) is 1. The van der Waals surface area contributed by atoms with Crippen LogP contribution >= 0.6 is 0 Å². The molecule has 0 unspecified atom stereocenters. The minimum atomic E-state index is -3.85. The molecule has 8 nitrogen and oxygen atoms in total. The first-order chi connectivity index (χ1) is 13.3. The molecule has 3 aromatic rings. The number of hydrogen-bond acceptors (Lipinski definition) is 7. The molecule has 1 N–H and O–H groups in total. The Bertz CT molecular complexity index is 1100. The van der Waals surface area contributed by atoms with Crippen molar-refractivity contribution in [3.8, 4) is 0 Å². The molecule has 2 aromatic heterocycles. The highest BCUT2D eigenvalue weighted by molar-refractivity contribution is 7.92. The average Bonchev–Trinajstić information content (AvgIpc) is 3.00. The zero-order valence-corrected chi connectivity index (χ0v) is 17.0. The summed E-state index contributed by atoms with van der Waals surface area (Å²) in [5.41, 5.74) is 0.324. The molecule has 3 heterocycles. The van der Waals surface area contributed by atoms with Gasteiger partial charge in [0.2, 0.25) is 0 Å². The van der Waals surface area contributed by atoms with E-state index in [9.17, 15) is 8.42 Å². The molecule has 0 radical (unpaired) electrons. The van der Waals surface area contributed by atoms with Crippen LogP contribution in [0.2, 0.25) is 0 Å². The Labute approximate surface area is 164 Å². The van der Waals surface area contributed by atoms with E-state index in [4.69, 9.17) is 4.52 Å². The van der Waals surface area contributed by atoms with Crippen LogP contribution in [0, 0.1) is 13.8 Å². The third-order valence-corrected chi connectivity index (χ3v) is 6.60. The third kappa shape index (κ3) is 3.43. The first-order valence-corrected chi connectivity index (χ1v) is 10.6. The first-order valence-electron chi connectivity index (χ1n) is 9.14.